The molecule has 0 saturated carbocycles. The second-order valence-corrected chi connectivity index (χ2v) is 4.98. The summed E-state index contributed by atoms with van der Waals surface area (Å²) < 4.78 is 23.0. The SMILES string of the molecule is CS(=O)(=O)NC(=O)CCCCBr. The molecule has 0 saturated heterocycles. The fraction of sp³-hybridized carbons (Fsp3) is 0.833. The van der Waals surface area contributed by atoms with Crippen LogP contribution in [0.1, 0.15) is 19.3 Å². The van der Waals surface area contributed by atoms with Crippen molar-refractivity contribution in [2.45, 2.75) is 19.3 Å². The minimum Gasteiger partial charge on any atom is -0.274 e. The average Bonchev–Trinajstić information content (AvgIpc) is 1.84. The van der Waals surface area contributed by atoms with Crippen molar-refractivity contribution in [2.75, 3.05) is 11.6 Å². The Kier molecular flexibility index (Phi) is 5.48. The molecule has 0 radical (unpaired) electrons. The van der Waals surface area contributed by atoms with E-state index in [2.05, 4.69) is 15.9 Å². The number of hydrogen-bond acceptors (Lipinski definition) is 3. The number of halogens is 1. The van der Waals surface area contributed by atoms with Gasteiger partial charge in [0, 0.05) is 11.8 Å². The second kappa shape index (κ2) is 5.53. The molecule has 4 nitrogen and oxygen atoms in total. The summed E-state index contributed by atoms with van der Waals surface area (Å²) >= 11 is 3.21. The Balaban J connectivity index is 3.62. The molecule has 0 rings (SSSR count). The fourth-order valence-corrected chi connectivity index (χ4v) is 1.55. The number of carbonyl (C=O) groups is 1. The van der Waals surface area contributed by atoms with Crippen LogP contribution in [0.4, 0.5) is 0 Å². The van der Waals surface area contributed by atoms with Crippen molar-refractivity contribution in [3.63, 3.8) is 0 Å². The Morgan fingerprint density at radius 3 is 2.42 bits per heavy atom. The first-order valence-electron chi connectivity index (χ1n) is 3.52. The molecule has 0 aromatic carbocycles. The van der Waals surface area contributed by atoms with Crippen molar-refractivity contribution in [1.82, 2.24) is 4.72 Å². The molecule has 0 spiro atoms. The first-order chi connectivity index (χ1) is 5.45. The molecule has 0 aliphatic heterocycles. The normalized spacial score (nSPS) is 11.2. The number of carbonyl (C=O) groups excluding carboxylic acids is 1. The zero-order chi connectivity index (χ0) is 9.61. The molecular weight excluding hydrogens is 246 g/mol. The Morgan fingerprint density at radius 1 is 1.42 bits per heavy atom. The van der Waals surface area contributed by atoms with Crippen LogP contribution in [0.2, 0.25) is 0 Å². The van der Waals surface area contributed by atoms with E-state index in [0.29, 0.717) is 6.42 Å². The van der Waals surface area contributed by atoms with Gasteiger partial charge in [-0.1, -0.05) is 15.9 Å². The lowest BCUT2D eigenvalue weighted by molar-refractivity contribution is -0.119. The van der Waals surface area contributed by atoms with Gasteiger partial charge in [-0.15, -0.1) is 0 Å². The highest BCUT2D eigenvalue weighted by Crippen LogP contribution is 1.98. The highest BCUT2D eigenvalue weighted by molar-refractivity contribution is 9.09. The van der Waals surface area contributed by atoms with Crippen molar-refractivity contribution in [1.29, 1.82) is 0 Å². The summed E-state index contributed by atoms with van der Waals surface area (Å²) in [6, 6.07) is 0. The second-order valence-electron chi connectivity index (χ2n) is 2.44. The van der Waals surface area contributed by atoms with E-state index in [-0.39, 0.29) is 6.42 Å². The van der Waals surface area contributed by atoms with Gasteiger partial charge in [-0.25, -0.2) is 8.42 Å². The summed E-state index contributed by atoms with van der Waals surface area (Å²) in [7, 11) is -3.37. The van der Waals surface area contributed by atoms with E-state index >= 15 is 0 Å². The van der Waals surface area contributed by atoms with Crippen LogP contribution in [0.15, 0.2) is 0 Å². The van der Waals surface area contributed by atoms with Crippen LogP contribution < -0.4 is 4.72 Å². The maximum Gasteiger partial charge on any atom is 0.233 e. The standard InChI is InChI=1S/C6H12BrNO3S/c1-12(10,11)8-6(9)4-2-3-5-7/h2-5H2,1H3,(H,8,9). The number of sulfonamides is 1. The van der Waals surface area contributed by atoms with Crippen LogP contribution in [-0.2, 0) is 14.8 Å². The van der Waals surface area contributed by atoms with Gasteiger partial charge < -0.3 is 0 Å². The summed E-state index contributed by atoms with van der Waals surface area (Å²) in [6.45, 7) is 0. The van der Waals surface area contributed by atoms with Crippen molar-refractivity contribution in [2.24, 2.45) is 0 Å². The molecule has 1 amide bonds. The van der Waals surface area contributed by atoms with E-state index in [0.717, 1.165) is 18.0 Å². The van der Waals surface area contributed by atoms with Crippen molar-refractivity contribution in [3.05, 3.63) is 0 Å². The molecule has 0 bridgehead atoms. The van der Waals surface area contributed by atoms with Crippen LogP contribution in [0, 0.1) is 0 Å². The van der Waals surface area contributed by atoms with Crippen LogP contribution in [0.3, 0.4) is 0 Å². The third kappa shape index (κ3) is 8.00. The van der Waals surface area contributed by atoms with Crippen LogP contribution in [-0.4, -0.2) is 25.9 Å². The molecule has 0 aliphatic rings. The van der Waals surface area contributed by atoms with Crippen LogP contribution in [0.25, 0.3) is 0 Å². The minimum absolute atomic E-state index is 0.263. The average molecular weight is 258 g/mol. The lowest BCUT2D eigenvalue weighted by Gasteiger charge is -2.00. The van der Waals surface area contributed by atoms with Gasteiger partial charge in [0.2, 0.25) is 15.9 Å². The first kappa shape index (κ1) is 11.9. The van der Waals surface area contributed by atoms with E-state index in [4.69, 9.17) is 0 Å². The van der Waals surface area contributed by atoms with Gasteiger partial charge in [0.1, 0.15) is 0 Å². The first-order valence-corrected chi connectivity index (χ1v) is 6.53. The molecule has 0 heterocycles. The Hall–Kier alpha value is -0.100. The Morgan fingerprint density at radius 2 is 2.00 bits per heavy atom. The fourth-order valence-electron chi connectivity index (χ4n) is 0.638. The van der Waals surface area contributed by atoms with E-state index in [1.165, 1.54) is 0 Å². The quantitative estimate of drug-likeness (QED) is 0.581. The number of hydrogen-bond donors (Lipinski definition) is 1. The molecule has 0 aromatic heterocycles. The lowest BCUT2D eigenvalue weighted by atomic mass is 10.2. The number of alkyl halides is 1. The van der Waals surface area contributed by atoms with E-state index in [1.807, 2.05) is 4.72 Å². The number of rotatable bonds is 5. The van der Waals surface area contributed by atoms with Gasteiger partial charge in [0.05, 0.1) is 6.26 Å². The highest BCUT2D eigenvalue weighted by atomic mass is 79.9. The van der Waals surface area contributed by atoms with E-state index < -0.39 is 15.9 Å². The topological polar surface area (TPSA) is 63.2 Å². The van der Waals surface area contributed by atoms with Crippen molar-refractivity contribution >= 4 is 31.9 Å². The number of amides is 1. The van der Waals surface area contributed by atoms with Gasteiger partial charge in [-0.3, -0.25) is 9.52 Å². The highest BCUT2D eigenvalue weighted by Gasteiger charge is 2.06. The Bertz CT molecular complexity index is 237. The van der Waals surface area contributed by atoms with Gasteiger partial charge in [-0.05, 0) is 12.8 Å². The third-order valence-electron chi connectivity index (χ3n) is 1.09. The summed E-state index contributed by atoms with van der Waals surface area (Å²) in [5.74, 6) is -0.432. The molecule has 0 aromatic rings. The smallest absolute Gasteiger partial charge is 0.233 e. The van der Waals surface area contributed by atoms with Gasteiger partial charge in [-0.2, -0.15) is 0 Å². The molecule has 1 N–H and O–H groups in total. The predicted octanol–water partition coefficient (Wildman–Crippen LogP) is 0.627. The third-order valence-corrected chi connectivity index (χ3v) is 2.25. The molecule has 0 fully saturated rings. The monoisotopic (exact) mass is 257 g/mol. The molecule has 0 unspecified atom stereocenters. The molecule has 0 atom stereocenters. The van der Waals surface area contributed by atoms with Gasteiger partial charge in [0.15, 0.2) is 0 Å². The summed E-state index contributed by atoms with van der Waals surface area (Å²) in [6.07, 6.45) is 2.80. The van der Waals surface area contributed by atoms with Crippen LogP contribution in [0.5, 0.6) is 0 Å². The van der Waals surface area contributed by atoms with Crippen molar-refractivity contribution in [3.8, 4) is 0 Å². The Labute approximate surface area is 80.9 Å². The van der Waals surface area contributed by atoms with Gasteiger partial charge >= 0.3 is 0 Å². The van der Waals surface area contributed by atoms with Gasteiger partial charge in [0.25, 0.3) is 0 Å². The summed E-state index contributed by atoms with van der Waals surface area (Å²) in [5.41, 5.74) is 0. The predicted molar refractivity (Wildman–Crippen MR) is 50.6 cm³/mol. The molecule has 72 valence electrons. The van der Waals surface area contributed by atoms with E-state index in [1.54, 1.807) is 0 Å². The number of unbranched alkanes of at least 4 members (excludes halogenated alkanes) is 1. The van der Waals surface area contributed by atoms with E-state index in [9.17, 15) is 13.2 Å². The zero-order valence-electron chi connectivity index (χ0n) is 6.84. The van der Waals surface area contributed by atoms with Crippen molar-refractivity contribution < 1.29 is 13.2 Å². The summed E-state index contributed by atoms with van der Waals surface area (Å²) in [5, 5.41) is 0.832. The molecular formula is C6H12BrNO3S. The maximum absolute atomic E-state index is 10.8. The van der Waals surface area contributed by atoms with Crippen LogP contribution >= 0.6 is 15.9 Å². The molecule has 12 heavy (non-hydrogen) atoms. The lowest BCUT2D eigenvalue weighted by Crippen LogP contribution is -2.28. The molecule has 6 heteroatoms. The number of nitrogens with one attached hydrogen (secondary N) is 1. The molecule has 0 aliphatic carbocycles. The maximum atomic E-state index is 10.8. The summed E-state index contributed by atoms with van der Waals surface area (Å²) in [4.78, 5) is 10.8. The minimum atomic E-state index is -3.37. The largest absolute Gasteiger partial charge is 0.274 e. The zero-order valence-corrected chi connectivity index (χ0v) is 9.24.